The van der Waals surface area contributed by atoms with Gasteiger partial charge in [0, 0.05) is 33.6 Å². The van der Waals surface area contributed by atoms with Crippen molar-refractivity contribution in [1.82, 2.24) is 15.5 Å². The van der Waals surface area contributed by atoms with Gasteiger partial charge in [-0.15, -0.1) is 10.2 Å². The van der Waals surface area contributed by atoms with E-state index in [9.17, 15) is 9.59 Å². The Balaban J connectivity index is 1.51. The number of nitrogens with zero attached hydrogens (tertiary/aromatic N) is 2. The van der Waals surface area contributed by atoms with E-state index in [4.69, 9.17) is 11.6 Å². The number of carbonyl (C=O) groups is 2. The number of anilines is 1. The van der Waals surface area contributed by atoms with E-state index in [2.05, 4.69) is 36.8 Å². The summed E-state index contributed by atoms with van der Waals surface area (Å²) in [6, 6.07) is 13.8. The molecule has 0 unspecified atom stereocenters. The Labute approximate surface area is 173 Å². The van der Waals surface area contributed by atoms with Gasteiger partial charge in [-0.1, -0.05) is 51.0 Å². The largest absolute Gasteiger partial charge is 0.352 e. The number of aromatic nitrogens is 2. The summed E-state index contributed by atoms with van der Waals surface area (Å²) in [5, 5.41) is 15.1. The van der Waals surface area contributed by atoms with Crippen molar-refractivity contribution in [2.75, 3.05) is 11.9 Å². The van der Waals surface area contributed by atoms with Crippen LogP contribution in [0.5, 0.6) is 0 Å². The maximum atomic E-state index is 12.2. The molecule has 2 amide bonds. The zero-order chi connectivity index (χ0) is 19.2. The van der Waals surface area contributed by atoms with Crippen molar-refractivity contribution in [2.45, 2.75) is 6.42 Å². The van der Waals surface area contributed by atoms with E-state index in [1.165, 1.54) is 11.3 Å². The molecule has 0 bridgehead atoms. The molecular formula is C18H14BrClN4O2S. The maximum Gasteiger partial charge on any atom is 0.257 e. The molecule has 3 rings (SSSR count). The summed E-state index contributed by atoms with van der Waals surface area (Å²) in [4.78, 5) is 24.3. The van der Waals surface area contributed by atoms with Crippen LogP contribution in [0.4, 0.5) is 5.13 Å². The molecule has 9 heteroatoms. The van der Waals surface area contributed by atoms with E-state index in [0.717, 1.165) is 4.47 Å². The number of hydrogen-bond donors (Lipinski definition) is 2. The summed E-state index contributed by atoms with van der Waals surface area (Å²) in [6.07, 6.45) is 0.518. The first-order chi connectivity index (χ1) is 13.0. The van der Waals surface area contributed by atoms with Crippen molar-refractivity contribution >= 4 is 55.8 Å². The van der Waals surface area contributed by atoms with Crippen molar-refractivity contribution in [3.8, 4) is 0 Å². The van der Waals surface area contributed by atoms with Gasteiger partial charge in [-0.25, -0.2) is 0 Å². The molecule has 0 saturated heterocycles. The highest BCUT2D eigenvalue weighted by Gasteiger charge is 2.11. The average Bonchev–Trinajstić information content (AvgIpc) is 3.09. The Morgan fingerprint density at radius 3 is 2.52 bits per heavy atom. The SMILES string of the molecule is O=C(NCCc1nnc(NC(=O)c2cccc(Cl)c2)s1)c1cccc(Br)c1. The Morgan fingerprint density at radius 2 is 1.78 bits per heavy atom. The lowest BCUT2D eigenvalue weighted by molar-refractivity contribution is 0.0953. The van der Waals surface area contributed by atoms with Crippen LogP contribution in [0.15, 0.2) is 53.0 Å². The Bertz CT molecular complexity index is 979. The van der Waals surface area contributed by atoms with Gasteiger partial charge in [-0.2, -0.15) is 0 Å². The van der Waals surface area contributed by atoms with Crippen LogP contribution in [-0.4, -0.2) is 28.6 Å². The zero-order valence-corrected chi connectivity index (χ0v) is 17.1. The predicted octanol–water partition coefficient (Wildman–Crippen LogP) is 4.18. The van der Waals surface area contributed by atoms with Gasteiger partial charge in [0.05, 0.1) is 0 Å². The molecule has 0 aliphatic rings. The smallest absolute Gasteiger partial charge is 0.257 e. The molecule has 1 aromatic heterocycles. The van der Waals surface area contributed by atoms with Crippen LogP contribution >= 0.6 is 38.9 Å². The van der Waals surface area contributed by atoms with Crippen molar-refractivity contribution in [3.05, 3.63) is 74.2 Å². The third-order valence-corrected chi connectivity index (χ3v) is 5.11. The minimum Gasteiger partial charge on any atom is -0.352 e. The highest BCUT2D eigenvalue weighted by Crippen LogP contribution is 2.18. The number of carbonyl (C=O) groups excluding carboxylic acids is 2. The summed E-state index contributed by atoms with van der Waals surface area (Å²) in [7, 11) is 0. The summed E-state index contributed by atoms with van der Waals surface area (Å²) < 4.78 is 0.847. The fourth-order valence-electron chi connectivity index (χ4n) is 2.22. The second kappa shape index (κ2) is 9.07. The van der Waals surface area contributed by atoms with Crippen LogP contribution in [0.25, 0.3) is 0 Å². The van der Waals surface area contributed by atoms with Gasteiger partial charge < -0.3 is 5.32 Å². The molecule has 0 radical (unpaired) electrons. The fourth-order valence-corrected chi connectivity index (χ4v) is 3.54. The molecule has 0 atom stereocenters. The summed E-state index contributed by atoms with van der Waals surface area (Å²) in [5.41, 5.74) is 1.02. The molecular weight excluding hydrogens is 452 g/mol. The highest BCUT2D eigenvalue weighted by atomic mass is 79.9. The second-order valence-electron chi connectivity index (χ2n) is 5.48. The molecule has 0 spiro atoms. The Kier molecular flexibility index (Phi) is 6.54. The van der Waals surface area contributed by atoms with E-state index in [1.807, 2.05) is 6.07 Å². The Hall–Kier alpha value is -2.29. The van der Waals surface area contributed by atoms with Crippen LogP contribution in [-0.2, 0) is 6.42 Å². The number of amides is 2. The van der Waals surface area contributed by atoms with Gasteiger partial charge in [-0.05, 0) is 36.4 Å². The average molecular weight is 466 g/mol. The maximum absolute atomic E-state index is 12.2. The Morgan fingerprint density at radius 1 is 1.04 bits per heavy atom. The minimum absolute atomic E-state index is 0.157. The van der Waals surface area contributed by atoms with Gasteiger partial charge in [0.25, 0.3) is 11.8 Å². The fraction of sp³-hybridized carbons (Fsp3) is 0.111. The molecule has 2 aromatic carbocycles. The molecule has 0 aliphatic carbocycles. The second-order valence-corrected chi connectivity index (χ2v) is 7.90. The molecule has 3 aromatic rings. The summed E-state index contributed by atoms with van der Waals surface area (Å²) in [5.74, 6) is -0.460. The zero-order valence-electron chi connectivity index (χ0n) is 13.9. The van der Waals surface area contributed by atoms with E-state index in [1.54, 1.807) is 42.5 Å². The van der Waals surface area contributed by atoms with Gasteiger partial charge in [0.15, 0.2) is 0 Å². The standard InChI is InChI=1S/C18H14BrClN4O2S/c19-13-5-1-3-11(9-13)16(25)21-8-7-15-23-24-18(27-15)22-17(26)12-4-2-6-14(20)10-12/h1-6,9-10H,7-8H2,(H,21,25)(H,22,24,26). The first kappa shape index (κ1) is 19.5. The number of halogens is 2. The molecule has 0 fully saturated rings. The van der Waals surface area contributed by atoms with Gasteiger partial charge in [-0.3, -0.25) is 14.9 Å². The van der Waals surface area contributed by atoms with Crippen molar-refractivity contribution in [3.63, 3.8) is 0 Å². The van der Waals surface area contributed by atoms with Crippen molar-refractivity contribution in [2.24, 2.45) is 0 Å². The van der Waals surface area contributed by atoms with Gasteiger partial charge in [0.2, 0.25) is 5.13 Å². The summed E-state index contributed by atoms with van der Waals surface area (Å²) >= 11 is 10.5. The lowest BCUT2D eigenvalue weighted by atomic mass is 10.2. The van der Waals surface area contributed by atoms with Crippen LogP contribution in [0.2, 0.25) is 5.02 Å². The van der Waals surface area contributed by atoms with Crippen LogP contribution < -0.4 is 10.6 Å². The van der Waals surface area contributed by atoms with Crippen molar-refractivity contribution < 1.29 is 9.59 Å². The summed E-state index contributed by atoms with van der Waals surface area (Å²) in [6.45, 7) is 0.419. The van der Waals surface area contributed by atoms with E-state index in [0.29, 0.717) is 39.3 Å². The number of benzene rings is 2. The minimum atomic E-state index is -0.303. The molecule has 138 valence electrons. The lowest BCUT2D eigenvalue weighted by Gasteiger charge is -2.04. The highest BCUT2D eigenvalue weighted by molar-refractivity contribution is 9.10. The van der Waals surface area contributed by atoms with Gasteiger partial charge >= 0.3 is 0 Å². The topological polar surface area (TPSA) is 84.0 Å². The quantitative estimate of drug-likeness (QED) is 0.572. The normalized spacial score (nSPS) is 10.4. The number of rotatable bonds is 6. The molecule has 1 heterocycles. The first-order valence-corrected chi connectivity index (χ1v) is 9.93. The third-order valence-electron chi connectivity index (χ3n) is 3.49. The van der Waals surface area contributed by atoms with Crippen LogP contribution in [0.3, 0.4) is 0 Å². The van der Waals surface area contributed by atoms with Gasteiger partial charge in [0.1, 0.15) is 5.01 Å². The predicted molar refractivity (Wildman–Crippen MR) is 109 cm³/mol. The molecule has 0 aliphatic heterocycles. The third kappa shape index (κ3) is 5.59. The van der Waals surface area contributed by atoms with E-state index < -0.39 is 0 Å². The molecule has 6 nitrogen and oxygen atoms in total. The number of hydrogen-bond acceptors (Lipinski definition) is 5. The molecule has 2 N–H and O–H groups in total. The lowest BCUT2D eigenvalue weighted by Crippen LogP contribution is -2.25. The number of nitrogens with one attached hydrogen (secondary N) is 2. The molecule has 0 saturated carbocycles. The van der Waals surface area contributed by atoms with Crippen LogP contribution in [0.1, 0.15) is 25.7 Å². The first-order valence-electron chi connectivity index (χ1n) is 7.94. The van der Waals surface area contributed by atoms with E-state index >= 15 is 0 Å². The van der Waals surface area contributed by atoms with E-state index in [-0.39, 0.29) is 11.8 Å². The monoisotopic (exact) mass is 464 g/mol. The van der Waals surface area contributed by atoms with Crippen LogP contribution in [0, 0.1) is 0 Å². The van der Waals surface area contributed by atoms with Crippen molar-refractivity contribution in [1.29, 1.82) is 0 Å². The molecule has 27 heavy (non-hydrogen) atoms.